The van der Waals surface area contributed by atoms with Crippen LogP contribution < -0.4 is 0 Å². The Hall–Kier alpha value is -1.57. The molecule has 0 saturated carbocycles. The standard InChI is InChI=1S/C20H30O2/c1-15(8-6-9-16(2)14-19(21)22)11-12-18-17(3)10-7-13-20(18,4)5/h6,8-9,11-12,16H,7,10,13-14H2,1-5H3,(H,21,22)/b9-6+,12-11+,15-8+. The molecule has 2 nitrogen and oxygen atoms in total. The van der Waals surface area contributed by atoms with Crippen LogP contribution in [0.5, 0.6) is 0 Å². The summed E-state index contributed by atoms with van der Waals surface area (Å²) < 4.78 is 0. The largest absolute Gasteiger partial charge is 0.481 e. The molecule has 0 aromatic heterocycles. The molecule has 1 N–H and O–H groups in total. The van der Waals surface area contributed by atoms with E-state index in [1.165, 1.54) is 36.0 Å². The van der Waals surface area contributed by atoms with Crippen LogP contribution in [0.4, 0.5) is 0 Å². The molecule has 22 heavy (non-hydrogen) atoms. The van der Waals surface area contributed by atoms with Crippen molar-refractivity contribution in [2.45, 2.75) is 60.3 Å². The van der Waals surface area contributed by atoms with Crippen molar-refractivity contribution in [1.29, 1.82) is 0 Å². The molecule has 0 heterocycles. The van der Waals surface area contributed by atoms with E-state index in [0.717, 1.165) is 0 Å². The van der Waals surface area contributed by atoms with Gasteiger partial charge in [-0.25, -0.2) is 0 Å². The minimum atomic E-state index is -0.750. The van der Waals surface area contributed by atoms with Crippen LogP contribution in [0.2, 0.25) is 0 Å². The maximum atomic E-state index is 10.6. The molecule has 122 valence electrons. The van der Waals surface area contributed by atoms with Gasteiger partial charge in [-0.1, -0.05) is 62.3 Å². The number of hydrogen-bond acceptors (Lipinski definition) is 1. The van der Waals surface area contributed by atoms with Gasteiger partial charge in [0.25, 0.3) is 0 Å². The van der Waals surface area contributed by atoms with Crippen molar-refractivity contribution in [3.05, 3.63) is 47.1 Å². The third-order valence-electron chi connectivity index (χ3n) is 4.35. The average Bonchev–Trinajstić information content (AvgIpc) is 2.36. The van der Waals surface area contributed by atoms with E-state index < -0.39 is 5.97 Å². The van der Waals surface area contributed by atoms with E-state index >= 15 is 0 Å². The molecule has 1 unspecified atom stereocenters. The molecule has 0 aliphatic heterocycles. The van der Waals surface area contributed by atoms with Crippen LogP contribution in [-0.4, -0.2) is 11.1 Å². The summed E-state index contributed by atoms with van der Waals surface area (Å²) in [4.78, 5) is 10.6. The second kappa shape index (κ2) is 8.17. The van der Waals surface area contributed by atoms with E-state index in [9.17, 15) is 4.79 Å². The van der Waals surface area contributed by atoms with E-state index in [2.05, 4.69) is 39.8 Å². The van der Waals surface area contributed by atoms with E-state index in [1.807, 2.05) is 25.2 Å². The highest BCUT2D eigenvalue weighted by molar-refractivity contribution is 5.67. The van der Waals surface area contributed by atoms with Gasteiger partial charge in [-0.15, -0.1) is 0 Å². The van der Waals surface area contributed by atoms with Gasteiger partial charge in [-0.05, 0) is 50.0 Å². The van der Waals surface area contributed by atoms with Crippen LogP contribution in [0.25, 0.3) is 0 Å². The van der Waals surface area contributed by atoms with E-state index in [0.29, 0.717) is 0 Å². The van der Waals surface area contributed by atoms with Crippen LogP contribution in [0.1, 0.15) is 60.3 Å². The van der Waals surface area contributed by atoms with Crippen molar-refractivity contribution in [1.82, 2.24) is 0 Å². The molecular formula is C20H30O2. The topological polar surface area (TPSA) is 37.3 Å². The Bertz CT molecular complexity index is 516. The summed E-state index contributed by atoms with van der Waals surface area (Å²) >= 11 is 0. The monoisotopic (exact) mass is 302 g/mol. The van der Waals surface area contributed by atoms with Gasteiger partial charge in [0.15, 0.2) is 0 Å². The minimum absolute atomic E-state index is 0.0627. The minimum Gasteiger partial charge on any atom is -0.481 e. The van der Waals surface area contributed by atoms with E-state index in [1.54, 1.807) is 0 Å². The SMILES string of the molecule is CC1=C(/C=C/C(C)=C/C=C/C(C)CC(=O)O)C(C)(C)CCC1. The molecule has 0 bridgehead atoms. The van der Waals surface area contributed by atoms with Gasteiger partial charge in [-0.3, -0.25) is 4.79 Å². The van der Waals surface area contributed by atoms with Crippen molar-refractivity contribution in [3.63, 3.8) is 0 Å². The molecule has 0 spiro atoms. The Labute approximate surface area is 135 Å². The molecule has 1 rings (SSSR count). The summed E-state index contributed by atoms with van der Waals surface area (Å²) in [5, 5.41) is 8.73. The lowest BCUT2D eigenvalue weighted by molar-refractivity contribution is -0.137. The third kappa shape index (κ3) is 6.05. The van der Waals surface area contributed by atoms with Crippen molar-refractivity contribution in [2.24, 2.45) is 11.3 Å². The Balaban J connectivity index is 2.71. The quantitative estimate of drug-likeness (QED) is 0.641. The lowest BCUT2D eigenvalue weighted by Crippen LogP contribution is -2.19. The fourth-order valence-corrected chi connectivity index (χ4v) is 3.02. The lowest BCUT2D eigenvalue weighted by Gasteiger charge is -2.32. The highest BCUT2D eigenvalue weighted by Gasteiger charge is 2.26. The zero-order chi connectivity index (χ0) is 16.8. The van der Waals surface area contributed by atoms with Crippen LogP contribution in [0.3, 0.4) is 0 Å². The number of carboxylic acid groups (broad SMARTS) is 1. The first-order chi connectivity index (χ1) is 10.2. The number of allylic oxidation sites excluding steroid dienone is 8. The van der Waals surface area contributed by atoms with E-state index in [-0.39, 0.29) is 17.8 Å². The van der Waals surface area contributed by atoms with Crippen LogP contribution in [0.15, 0.2) is 47.1 Å². The Kier molecular flexibility index (Phi) is 6.86. The van der Waals surface area contributed by atoms with Gasteiger partial charge in [-0.2, -0.15) is 0 Å². The number of rotatable bonds is 6. The molecule has 1 aliphatic rings. The zero-order valence-electron chi connectivity index (χ0n) is 14.6. The number of carbonyl (C=O) groups is 1. The Morgan fingerprint density at radius 1 is 1.41 bits per heavy atom. The predicted molar refractivity (Wildman–Crippen MR) is 93.8 cm³/mol. The Morgan fingerprint density at radius 2 is 2.09 bits per heavy atom. The summed E-state index contributed by atoms with van der Waals surface area (Å²) in [7, 11) is 0. The summed E-state index contributed by atoms with van der Waals surface area (Å²) in [6.07, 6.45) is 14.3. The van der Waals surface area contributed by atoms with Gasteiger partial charge in [0.2, 0.25) is 0 Å². The van der Waals surface area contributed by atoms with E-state index in [4.69, 9.17) is 5.11 Å². The second-order valence-electron chi connectivity index (χ2n) is 7.14. The van der Waals surface area contributed by atoms with Gasteiger partial charge < -0.3 is 5.11 Å². The number of carboxylic acids is 1. The third-order valence-corrected chi connectivity index (χ3v) is 4.35. The van der Waals surface area contributed by atoms with Crippen molar-refractivity contribution in [2.75, 3.05) is 0 Å². The highest BCUT2D eigenvalue weighted by Crippen LogP contribution is 2.40. The summed E-state index contributed by atoms with van der Waals surface area (Å²) in [5.41, 5.74) is 4.42. The molecule has 2 heteroatoms. The summed E-state index contributed by atoms with van der Waals surface area (Å²) in [6, 6.07) is 0. The summed E-state index contributed by atoms with van der Waals surface area (Å²) in [5.74, 6) is -0.688. The molecule has 0 saturated heterocycles. The smallest absolute Gasteiger partial charge is 0.303 e. The summed E-state index contributed by atoms with van der Waals surface area (Å²) in [6.45, 7) is 10.9. The number of aliphatic carboxylic acids is 1. The molecular weight excluding hydrogens is 272 g/mol. The molecule has 0 radical (unpaired) electrons. The van der Waals surface area contributed by atoms with Gasteiger partial charge in [0.1, 0.15) is 0 Å². The first-order valence-corrected chi connectivity index (χ1v) is 8.17. The van der Waals surface area contributed by atoms with Crippen molar-refractivity contribution >= 4 is 5.97 Å². The maximum Gasteiger partial charge on any atom is 0.303 e. The fourth-order valence-electron chi connectivity index (χ4n) is 3.02. The van der Waals surface area contributed by atoms with Crippen LogP contribution >= 0.6 is 0 Å². The molecule has 0 fully saturated rings. The highest BCUT2D eigenvalue weighted by atomic mass is 16.4. The van der Waals surface area contributed by atoms with Gasteiger partial charge >= 0.3 is 5.97 Å². The molecule has 0 aromatic rings. The fraction of sp³-hybridized carbons (Fsp3) is 0.550. The molecule has 1 atom stereocenters. The zero-order valence-corrected chi connectivity index (χ0v) is 14.6. The van der Waals surface area contributed by atoms with Crippen molar-refractivity contribution < 1.29 is 9.90 Å². The van der Waals surface area contributed by atoms with Gasteiger partial charge in [0.05, 0.1) is 6.42 Å². The predicted octanol–water partition coefficient (Wildman–Crippen LogP) is 5.68. The second-order valence-corrected chi connectivity index (χ2v) is 7.14. The first-order valence-electron chi connectivity index (χ1n) is 8.17. The molecule has 0 amide bonds. The normalized spacial score (nSPS) is 20.9. The average molecular weight is 302 g/mol. The number of hydrogen-bond donors (Lipinski definition) is 1. The molecule has 1 aliphatic carbocycles. The Morgan fingerprint density at radius 3 is 2.68 bits per heavy atom. The maximum absolute atomic E-state index is 10.6. The molecule has 0 aromatic carbocycles. The van der Waals surface area contributed by atoms with Crippen LogP contribution in [0, 0.1) is 11.3 Å². The van der Waals surface area contributed by atoms with Gasteiger partial charge in [0, 0.05) is 0 Å². The van der Waals surface area contributed by atoms with Crippen LogP contribution in [-0.2, 0) is 4.79 Å². The first kappa shape index (κ1) is 18.5. The van der Waals surface area contributed by atoms with Crippen molar-refractivity contribution in [3.8, 4) is 0 Å². The lowest BCUT2D eigenvalue weighted by atomic mass is 9.72.